The van der Waals surface area contributed by atoms with Crippen LogP contribution in [0.4, 0.5) is 5.95 Å². The second-order valence-corrected chi connectivity index (χ2v) is 9.04. The van der Waals surface area contributed by atoms with E-state index in [1.807, 2.05) is 24.4 Å². The Labute approximate surface area is 223 Å². The highest BCUT2D eigenvalue weighted by Gasteiger charge is 2.42. The Kier molecular flexibility index (Phi) is 7.78. The van der Waals surface area contributed by atoms with Crippen LogP contribution in [0.5, 0.6) is 0 Å². The van der Waals surface area contributed by atoms with Crippen LogP contribution in [0.15, 0.2) is 61.4 Å². The molecule has 13 nitrogen and oxygen atoms in total. The number of piperidine rings is 1. The van der Waals surface area contributed by atoms with E-state index in [2.05, 4.69) is 30.2 Å². The molecule has 0 aromatic carbocycles. The third-order valence-corrected chi connectivity index (χ3v) is 6.75. The maximum atomic E-state index is 14.3. The number of nitrogens with one attached hydrogen (secondary N) is 1. The number of imidazole rings is 1. The molecule has 1 saturated heterocycles. The van der Waals surface area contributed by atoms with Crippen molar-refractivity contribution in [1.82, 2.24) is 39.5 Å². The lowest BCUT2D eigenvalue weighted by atomic mass is 9.97. The van der Waals surface area contributed by atoms with Crippen LogP contribution < -0.4 is 10.2 Å². The Morgan fingerprint density at radius 3 is 2.44 bits per heavy atom. The van der Waals surface area contributed by atoms with Gasteiger partial charge in [-0.15, -0.1) is 0 Å². The second kappa shape index (κ2) is 11.7. The molecule has 2 aliphatic heterocycles. The summed E-state index contributed by atoms with van der Waals surface area (Å²) in [5.74, 6) is -0.200. The maximum Gasteiger partial charge on any atom is 0.290 e. The number of pyridine rings is 1. The average molecular weight is 530 g/mol. The van der Waals surface area contributed by atoms with E-state index >= 15 is 0 Å². The SMILES string of the molecule is O=C(c1cn2ccccc2n1)N1Cc2nccnc2CC1C(=O)N(c1ncccn1)C1CCNCC1.O=CO. The minimum Gasteiger partial charge on any atom is -0.483 e. The summed E-state index contributed by atoms with van der Waals surface area (Å²) < 4.78 is 1.79. The highest BCUT2D eigenvalue weighted by Crippen LogP contribution is 2.27. The number of carboxylic acid groups (broad SMARTS) is 1. The molecule has 6 rings (SSSR count). The lowest BCUT2D eigenvalue weighted by Gasteiger charge is -2.40. The van der Waals surface area contributed by atoms with Gasteiger partial charge in [0.15, 0.2) is 0 Å². The van der Waals surface area contributed by atoms with Gasteiger partial charge in [0, 0.05) is 49.6 Å². The first-order valence-corrected chi connectivity index (χ1v) is 12.5. The van der Waals surface area contributed by atoms with E-state index in [4.69, 9.17) is 9.90 Å². The van der Waals surface area contributed by atoms with Gasteiger partial charge in [-0.3, -0.25) is 29.3 Å². The van der Waals surface area contributed by atoms with E-state index < -0.39 is 6.04 Å². The van der Waals surface area contributed by atoms with Crippen molar-refractivity contribution in [2.75, 3.05) is 18.0 Å². The first kappa shape index (κ1) is 25.9. The first-order valence-electron chi connectivity index (χ1n) is 12.5. The van der Waals surface area contributed by atoms with Crippen LogP contribution in [0, 0.1) is 0 Å². The number of hydrogen-bond donors (Lipinski definition) is 2. The van der Waals surface area contributed by atoms with Crippen molar-refractivity contribution < 1.29 is 19.5 Å². The molecule has 0 radical (unpaired) electrons. The highest BCUT2D eigenvalue weighted by atomic mass is 16.3. The molecule has 2 N–H and O–H groups in total. The van der Waals surface area contributed by atoms with Crippen LogP contribution in [0.1, 0.15) is 34.7 Å². The van der Waals surface area contributed by atoms with Crippen LogP contribution in [0.2, 0.25) is 0 Å². The quantitative estimate of drug-likeness (QED) is 0.365. The van der Waals surface area contributed by atoms with Crippen molar-refractivity contribution in [2.24, 2.45) is 0 Å². The molecule has 4 aromatic heterocycles. The lowest BCUT2D eigenvalue weighted by Crippen LogP contribution is -2.58. The largest absolute Gasteiger partial charge is 0.483 e. The zero-order valence-corrected chi connectivity index (χ0v) is 21.0. The fourth-order valence-corrected chi connectivity index (χ4v) is 4.96. The number of nitrogens with zero attached hydrogens (tertiary/aromatic N) is 8. The van der Waals surface area contributed by atoms with Gasteiger partial charge in [0.1, 0.15) is 17.4 Å². The highest BCUT2D eigenvalue weighted by molar-refractivity contribution is 6.02. The summed E-state index contributed by atoms with van der Waals surface area (Å²) >= 11 is 0. The number of amides is 2. The Hall–Kier alpha value is -4.78. The average Bonchev–Trinajstić information content (AvgIpc) is 3.42. The number of aromatic nitrogens is 6. The van der Waals surface area contributed by atoms with E-state index in [9.17, 15) is 9.59 Å². The molecule has 39 heavy (non-hydrogen) atoms. The van der Waals surface area contributed by atoms with E-state index in [0.29, 0.717) is 23.0 Å². The van der Waals surface area contributed by atoms with Crippen molar-refractivity contribution in [3.63, 3.8) is 0 Å². The third kappa shape index (κ3) is 5.43. The topological polar surface area (TPSA) is 159 Å². The van der Waals surface area contributed by atoms with E-state index in [1.54, 1.807) is 51.3 Å². The van der Waals surface area contributed by atoms with Crippen molar-refractivity contribution in [3.05, 3.63) is 78.5 Å². The first-order chi connectivity index (χ1) is 19.1. The molecular weight excluding hydrogens is 502 g/mol. The standard InChI is InChI=1S/C25H25N9O2.CH2O2/c35-23(20-15-32-13-2-1-4-22(32)31-20)33-16-19-18(27-11-12-28-19)14-21(33)24(36)34(17-5-9-26-10-6-17)25-29-7-3-8-30-25;2-1-3/h1-4,7-8,11-13,15,17,21,26H,5-6,9-10,14,16H2;1H,(H,2,3). The van der Waals surface area contributed by atoms with Gasteiger partial charge in [-0.1, -0.05) is 6.07 Å². The molecule has 1 atom stereocenters. The molecule has 0 aliphatic carbocycles. The Morgan fingerprint density at radius 1 is 1.00 bits per heavy atom. The predicted molar refractivity (Wildman–Crippen MR) is 139 cm³/mol. The minimum absolute atomic E-state index is 0.0726. The van der Waals surface area contributed by atoms with Gasteiger partial charge < -0.3 is 19.7 Å². The van der Waals surface area contributed by atoms with Gasteiger partial charge in [-0.05, 0) is 44.1 Å². The van der Waals surface area contributed by atoms with Gasteiger partial charge in [-0.25, -0.2) is 15.0 Å². The summed E-state index contributed by atoms with van der Waals surface area (Å²) in [6, 6.07) is 6.44. The summed E-state index contributed by atoms with van der Waals surface area (Å²) in [6.45, 7) is 1.51. The van der Waals surface area contributed by atoms with Gasteiger partial charge in [0.25, 0.3) is 18.3 Å². The van der Waals surface area contributed by atoms with E-state index in [1.165, 1.54) is 0 Å². The number of carbonyl (C=O) groups is 3. The molecule has 0 saturated carbocycles. The number of hydrogen-bond acceptors (Lipinski definition) is 9. The number of rotatable bonds is 4. The van der Waals surface area contributed by atoms with Crippen molar-refractivity contribution in [1.29, 1.82) is 0 Å². The molecule has 1 unspecified atom stereocenters. The molecule has 6 heterocycles. The number of fused-ring (bicyclic) bond motifs is 2. The molecule has 0 spiro atoms. The second-order valence-electron chi connectivity index (χ2n) is 9.04. The van der Waals surface area contributed by atoms with Crippen LogP contribution in [-0.2, 0) is 22.6 Å². The Bertz CT molecular complexity index is 1420. The van der Waals surface area contributed by atoms with Crippen LogP contribution in [0.25, 0.3) is 5.65 Å². The fourth-order valence-electron chi connectivity index (χ4n) is 4.96. The fraction of sp³-hybridized carbons (Fsp3) is 0.308. The molecule has 200 valence electrons. The maximum absolute atomic E-state index is 14.3. The van der Waals surface area contributed by atoms with Crippen LogP contribution in [0.3, 0.4) is 0 Å². The summed E-state index contributed by atoms with van der Waals surface area (Å²) in [4.78, 5) is 61.9. The predicted octanol–water partition coefficient (Wildman–Crippen LogP) is 0.967. The molecule has 2 aliphatic rings. The molecular formula is C26H27N9O4. The van der Waals surface area contributed by atoms with Crippen molar-refractivity contribution >= 4 is 29.9 Å². The zero-order chi connectivity index (χ0) is 27.2. The molecule has 13 heteroatoms. The smallest absolute Gasteiger partial charge is 0.290 e. The molecule has 0 bridgehead atoms. The monoisotopic (exact) mass is 529 g/mol. The van der Waals surface area contributed by atoms with Gasteiger partial charge in [-0.2, -0.15) is 0 Å². The molecule has 2 amide bonds. The van der Waals surface area contributed by atoms with Gasteiger partial charge in [0.05, 0.1) is 17.9 Å². The number of carbonyl (C=O) groups excluding carboxylic acids is 2. The minimum atomic E-state index is -0.787. The van der Waals surface area contributed by atoms with E-state index in [-0.39, 0.29) is 43.0 Å². The Balaban J connectivity index is 0.000000983. The summed E-state index contributed by atoms with van der Waals surface area (Å²) in [7, 11) is 0. The van der Waals surface area contributed by atoms with E-state index in [0.717, 1.165) is 25.9 Å². The molecule has 1 fully saturated rings. The third-order valence-electron chi connectivity index (χ3n) is 6.75. The lowest BCUT2D eigenvalue weighted by molar-refractivity contribution is -0.124. The normalized spacial score (nSPS) is 17.0. The zero-order valence-electron chi connectivity index (χ0n) is 21.0. The summed E-state index contributed by atoms with van der Waals surface area (Å²) in [6.07, 6.45) is 11.8. The summed E-state index contributed by atoms with van der Waals surface area (Å²) in [5.41, 5.74) is 2.34. The number of anilines is 1. The van der Waals surface area contributed by atoms with Gasteiger partial charge in [0.2, 0.25) is 5.95 Å². The van der Waals surface area contributed by atoms with Gasteiger partial charge >= 0.3 is 0 Å². The Morgan fingerprint density at radius 2 is 1.72 bits per heavy atom. The van der Waals surface area contributed by atoms with Crippen LogP contribution >= 0.6 is 0 Å². The van der Waals surface area contributed by atoms with Crippen LogP contribution in [-0.4, -0.2) is 82.8 Å². The molecule has 4 aromatic rings. The van der Waals surface area contributed by atoms with Crippen molar-refractivity contribution in [2.45, 2.75) is 37.9 Å². The summed E-state index contributed by atoms with van der Waals surface area (Å²) in [5, 5.41) is 10.2. The van der Waals surface area contributed by atoms with Crippen molar-refractivity contribution in [3.8, 4) is 0 Å².